The molecule has 0 radical (unpaired) electrons. The molecule has 19 heavy (non-hydrogen) atoms. The van der Waals surface area contributed by atoms with E-state index in [9.17, 15) is 0 Å². The van der Waals surface area contributed by atoms with Gasteiger partial charge in [-0.05, 0) is 56.3 Å². The molecule has 1 aliphatic rings. The Kier molecular flexibility index (Phi) is 7.71. The van der Waals surface area contributed by atoms with Crippen molar-refractivity contribution in [2.45, 2.75) is 87.0 Å². The molecule has 1 rings (SSSR count). The van der Waals surface area contributed by atoms with Crippen molar-refractivity contribution in [2.24, 2.45) is 10.8 Å². The van der Waals surface area contributed by atoms with Crippen molar-refractivity contribution < 1.29 is 0 Å². The molecule has 0 bridgehead atoms. The monoisotopic (exact) mass is 264 g/mol. The topological polar surface area (TPSA) is 0 Å². The van der Waals surface area contributed by atoms with Gasteiger partial charge < -0.3 is 0 Å². The first-order valence-electron chi connectivity index (χ1n) is 8.08. The van der Waals surface area contributed by atoms with Crippen molar-refractivity contribution in [1.82, 2.24) is 0 Å². The van der Waals surface area contributed by atoms with E-state index in [-0.39, 0.29) is 0 Å². The van der Waals surface area contributed by atoms with Crippen LogP contribution in [-0.4, -0.2) is 0 Å². The van der Waals surface area contributed by atoms with Gasteiger partial charge in [0.05, 0.1) is 0 Å². The molecule has 0 saturated heterocycles. The molecular formula is C19H36. The normalized spacial score (nSPS) is 18.7. The fourth-order valence-corrected chi connectivity index (χ4v) is 3.18. The van der Waals surface area contributed by atoms with E-state index < -0.39 is 0 Å². The lowest BCUT2D eigenvalue weighted by molar-refractivity contribution is 0.302. The quantitative estimate of drug-likeness (QED) is 0.473. The molecule has 0 aromatic rings. The van der Waals surface area contributed by atoms with E-state index >= 15 is 0 Å². The Morgan fingerprint density at radius 3 is 2.32 bits per heavy atom. The van der Waals surface area contributed by atoms with Crippen molar-refractivity contribution >= 4 is 0 Å². The number of rotatable bonds is 5. The maximum absolute atomic E-state index is 3.87. The predicted octanol–water partition coefficient (Wildman–Crippen LogP) is 6.92. The highest BCUT2D eigenvalue weighted by atomic mass is 14.3. The summed E-state index contributed by atoms with van der Waals surface area (Å²) in [5, 5.41) is 0. The van der Waals surface area contributed by atoms with Crippen LogP contribution in [0.4, 0.5) is 0 Å². The molecule has 0 aromatic heterocycles. The summed E-state index contributed by atoms with van der Waals surface area (Å²) in [6.07, 6.45) is 9.81. The second-order valence-corrected chi connectivity index (χ2v) is 7.15. The van der Waals surface area contributed by atoms with Crippen molar-refractivity contribution in [3.05, 3.63) is 23.8 Å². The van der Waals surface area contributed by atoms with Gasteiger partial charge in [-0.15, -0.1) is 6.58 Å². The molecule has 0 N–H and O–H groups in total. The first kappa shape index (κ1) is 18.5. The zero-order valence-electron chi connectivity index (χ0n) is 14.5. The zero-order chi connectivity index (χ0) is 15.1. The molecule has 0 saturated carbocycles. The maximum atomic E-state index is 3.87. The van der Waals surface area contributed by atoms with Crippen molar-refractivity contribution in [2.75, 3.05) is 0 Å². The molecule has 0 atom stereocenters. The highest BCUT2D eigenvalue weighted by Crippen LogP contribution is 2.44. The summed E-state index contributed by atoms with van der Waals surface area (Å²) < 4.78 is 0. The molecule has 0 aromatic carbocycles. The van der Waals surface area contributed by atoms with Crippen LogP contribution in [0.3, 0.4) is 0 Å². The van der Waals surface area contributed by atoms with Crippen LogP contribution < -0.4 is 0 Å². The molecule has 0 unspecified atom stereocenters. The molecule has 1 aliphatic carbocycles. The standard InChI is InChI=1S/C17H30.C2H6/c1-7-11-16(3,4)13-10-15-14(2)9-8-12-17(15,5)6;1-2/h7H,1,8-13H2,2-6H3;1-2H3. The fourth-order valence-electron chi connectivity index (χ4n) is 3.18. The third kappa shape index (κ3) is 5.97. The Labute approximate surface area is 122 Å². The summed E-state index contributed by atoms with van der Waals surface area (Å²) in [4.78, 5) is 0. The van der Waals surface area contributed by atoms with Crippen LogP contribution in [0.25, 0.3) is 0 Å². The molecule has 0 nitrogen and oxygen atoms in total. The molecule has 112 valence electrons. The third-order valence-electron chi connectivity index (χ3n) is 4.43. The minimum absolute atomic E-state index is 0.405. The summed E-state index contributed by atoms with van der Waals surface area (Å²) in [6, 6.07) is 0. The highest BCUT2D eigenvalue weighted by molar-refractivity contribution is 5.22. The Balaban J connectivity index is 0.00000154. The first-order chi connectivity index (χ1) is 8.78. The van der Waals surface area contributed by atoms with Crippen molar-refractivity contribution in [1.29, 1.82) is 0 Å². The van der Waals surface area contributed by atoms with Gasteiger partial charge in [-0.1, -0.05) is 58.8 Å². The Morgan fingerprint density at radius 1 is 1.26 bits per heavy atom. The average molecular weight is 264 g/mol. The SMILES string of the molecule is C=CCC(C)(C)CCC1=C(C)CCCC1(C)C.CC. The van der Waals surface area contributed by atoms with Crippen LogP contribution in [0.2, 0.25) is 0 Å². The van der Waals surface area contributed by atoms with Gasteiger partial charge in [-0.3, -0.25) is 0 Å². The van der Waals surface area contributed by atoms with Gasteiger partial charge in [-0.2, -0.15) is 0 Å². The van der Waals surface area contributed by atoms with E-state index in [4.69, 9.17) is 0 Å². The zero-order valence-corrected chi connectivity index (χ0v) is 14.5. The summed E-state index contributed by atoms with van der Waals surface area (Å²) in [6.45, 7) is 19.8. The largest absolute Gasteiger partial charge is 0.103 e. The predicted molar refractivity (Wildman–Crippen MR) is 89.5 cm³/mol. The Morgan fingerprint density at radius 2 is 1.84 bits per heavy atom. The van der Waals surface area contributed by atoms with E-state index in [0.29, 0.717) is 10.8 Å². The maximum Gasteiger partial charge on any atom is -0.0142 e. The number of hydrogen-bond donors (Lipinski definition) is 0. The fraction of sp³-hybridized carbons (Fsp3) is 0.789. The highest BCUT2D eigenvalue weighted by Gasteiger charge is 2.29. The molecule has 0 aliphatic heterocycles. The van der Waals surface area contributed by atoms with E-state index in [1.165, 1.54) is 32.1 Å². The molecule has 0 heterocycles. The van der Waals surface area contributed by atoms with Crippen LogP contribution in [-0.2, 0) is 0 Å². The molecule has 0 amide bonds. The summed E-state index contributed by atoms with van der Waals surface area (Å²) >= 11 is 0. The molecule has 0 fully saturated rings. The lowest BCUT2D eigenvalue weighted by Gasteiger charge is -2.36. The second-order valence-electron chi connectivity index (χ2n) is 7.15. The van der Waals surface area contributed by atoms with Crippen LogP contribution in [0.15, 0.2) is 23.8 Å². The minimum Gasteiger partial charge on any atom is -0.103 e. The van der Waals surface area contributed by atoms with Gasteiger partial charge in [0.25, 0.3) is 0 Å². The summed E-state index contributed by atoms with van der Waals surface area (Å²) in [7, 11) is 0. The first-order valence-corrected chi connectivity index (χ1v) is 8.08. The van der Waals surface area contributed by atoms with E-state index in [0.717, 1.165) is 6.42 Å². The van der Waals surface area contributed by atoms with Gasteiger partial charge >= 0.3 is 0 Å². The Hall–Kier alpha value is -0.520. The van der Waals surface area contributed by atoms with Gasteiger partial charge in [0.1, 0.15) is 0 Å². The van der Waals surface area contributed by atoms with E-state index in [2.05, 4.69) is 47.3 Å². The summed E-state index contributed by atoms with van der Waals surface area (Å²) in [5.74, 6) is 0. The van der Waals surface area contributed by atoms with Crippen molar-refractivity contribution in [3.8, 4) is 0 Å². The van der Waals surface area contributed by atoms with Gasteiger partial charge in [0.15, 0.2) is 0 Å². The smallest absolute Gasteiger partial charge is 0.0142 e. The van der Waals surface area contributed by atoms with Gasteiger partial charge in [-0.25, -0.2) is 0 Å². The minimum atomic E-state index is 0.405. The number of hydrogen-bond acceptors (Lipinski definition) is 0. The lowest BCUT2D eigenvalue weighted by Crippen LogP contribution is -2.22. The van der Waals surface area contributed by atoms with Gasteiger partial charge in [0, 0.05) is 0 Å². The lowest BCUT2D eigenvalue weighted by atomic mass is 9.69. The summed E-state index contributed by atoms with van der Waals surface area (Å²) in [5.41, 5.74) is 4.24. The Bertz CT molecular complexity index is 302. The number of allylic oxidation sites excluding steroid dienone is 3. The van der Waals surface area contributed by atoms with Crippen LogP contribution in [0.1, 0.15) is 87.0 Å². The molecule has 0 spiro atoms. The molecule has 0 heteroatoms. The average Bonchev–Trinajstić information content (AvgIpc) is 2.29. The third-order valence-corrected chi connectivity index (χ3v) is 4.43. The van der Waals surface area contributed by atoms with Crippen LogP contribution in [0.5, 0.6) is 0 Å². The molecular weight excluding hydrogens is 228 g/mol. The second kappa shape index (κ2) is 7.92. The van der Waals surface area contributed by atoms with Gasteiger partial charge in [0.2, 0.25) is 0 Å². The van der Waals surface area contributed by atoms with E-state index in [1.807, 2.05) is 13.8 Å². The van der Waals surface area contributed by atoms with E-state index in [1.54, 1.807) is 11.1 Å². The van der Waals surface area contributed by atoms with Crippen LogP contribution in [0, 0.1) is 10.8 Å². The van der Waals surface area contributed by atoms with Crippen molar-refractivity contribution in [3.63, 3.8) is 0 Å². The van der Waals surface area contributed by atoms with Crippen LogP contribution >= 0.6 is 0 Å².